The lowest BCUT2D eigenvalue weighted by atomic mass is 10.1. The topological polar surface area (TPSA) is 86.5 Å². The first-order valence-corrected chi connectivity index (χ1v) is 9.36. The van der Waals surface area contributed by atoms with Crippen LogP contribution in [0.1, 0.15) is 29.5 Å². The zero-order valence-corrected chi connectivity index (χ0v) is 17.3. The molecular weight excluding hydrogens is 370 g/mol. The molecule has 1 heterocycles. The van der Waals surface area contributed by atoms with Crippen LogP contribution in [0.25, 0.3) is 11.4 Å². The molecule has 3 aromatic rings. The van der Waals surface area contributed by atoms with Gasteiger partial charge in [0.15, 0.2) is 6.10 Å². The molecule has 0 fully saturated rings. The Labute approximate surface area is 170 Å². The molecule has 0 aliphatic heterocycles. The Morgan fingerprint density at radius 2 is 2.00 bits per heavy atom. The minimum atomic E-state index is -0.657. The lowest BCUT2D eigenvalue weighted by molar-refractivity contribution is -0.127. The maximum Gasteiger partial charge on any atom is 0.261 e. The highest BCUT2D eigenvalue weighted by Crippen LogP contribution is 2.24. The Bertz CT molecular complexity index is 1010. The predicted octanol–water partition coefficient (Wildman–Crippen LogP) is 3.75. The number of hydrogen-bond donors (Lipinski definition) is 1. The molecule has 1 atom stereocenters. The number of nitrogens with zero attached hydrogens (tertiary/aromatic N) is 2. The average molecular weight is 395 g/mol. The number of amides is 1. The van der Waals surface area contributed by atoms with Crippen molar-refractivity contribution in [1.29, 1.82) is 0 Å². The van der Waals surface area contributed by atoms with E-state index in [1.807, 2.05) is 51.1 Å². The van der Waals surface area contributed by atoms with Crippen LogP contribution in [-0.4, -0.2) is 29.3 Å². The van der Waals surface area contributed by atoms with Crippen molar-refractivity contribution in [2.45, 2.75) is 40.3 Å². The summed E-state index contributed by atoms with van der Waals surface area (Å²) in [6.45, 7) is 7.83. The van der Waals surface area contributed by atoms with Crippen LogP contribution in [0, 0.1) is 20.8 Å². The number of ether oxygens (including phenoxy) is 2. The highest BCUT2D eigenvalue weighted by atomic mass is 16.5. The van der Waals surface area contributed by atoms with Gasteiger partial charge in [-0.25, -0.2) is 0 Å². The van der Waals surface area contributed by atoms with Crippen LogP contribution in [0.3, 0.4) is 0 Å². The molecule has 29 heavy (non-hydrogen) atoms. The van der Waals surface area contributed by atoms with Crippen LogP contribution in [0.2, 0.25) is 0 Å². The van der Waals surface area contributed by atoms with Crippen LogP contribution in [-0.2, 0) is 11.3 Å². The molecule has 7 heteroatoms. The number of rotatable bonds is 7. The molecule has 3 rings (SSSR count). The third kappa shape index (κ3) is 4.93. The normalized spacial score (nSPS) is 11.8. The SMILES string of the molecule is COc1cccc(-c2noc(CNC(=O)C(C)Oc3cc(C)cc(C)c3C)n2)c1. The quantitative estimate of drug-likeness (QED) is 0.656. The second-order valence-electron chi connectivity index (χ2n) is 6.93. The van der Waals surface area contributed by atoms with Crippen molar-refractivity contribution in [3.63, 3.8) is 0 Å². The van der Waals surface area contributed by atoms with Gasteiger partial charge in [-0.1, -0.05) is 23.4 Å². The predicted molar refractivity (Wildman–Crippen MR) is 109 cm³/mol. The van der Waals surface area contributed by atoms with Gasteiger partial charge in [-0.05, 0) is 62.6 Å². The van der Waals surface area contributed by atoms with Crippen molar-refractivity contribution in [3.05, 3.63) is 59.0 Å². The van der Waals surface area contributed by atoms with Gasteiger partial charge in [0, 0.05) is 5.56 Å². The molecule has 0 aliphatic rings. The summed E-state index contributed by atoms with van der Waals surface area (Å²) >= 11 is 0. The summed E-state index contributed by atoms with van der Waals surface area (Å²) in [7, 11) is 1.60. The first kappa shape index (κ1) is 20.4. The highest BCUT2D eigenvalue weighted by Gasteiger charge is 2.18. The average Bonchev–Trinajstić information content (AvgIpc) is 3.19. The smallest absolute Gasteiger partial charge is 0.261 e. The fraction of sp³-hybridized carbons (Fsp3) is 0.318. The number of carbonyl (C=O) groups excluding carboxylic acids is 1. The van der Waals surface area contributed by atoms with E-state index in [0.717, 1.165) is 22.3 Å². The van der Waals surface area contributed by atoms with E-state index in [-0.39, 0.29) is 12.5 Å². The Kier molecular flexibility index (Phi) is 6.16. The van der Waals surface area contributed by atoms with Crippen molar-refractivity contribution in [2.75, 3.05) is 7.11 Å². The number of aromatic nitrogens is 2. The fourth-order valence-corrected chi connectivity index (χ4v) is 2.88. The van der Waals surface area contributed by atoms with E-state index in [9.17, 15) is 4.79 Å². The third-order valence-corrected chi connectivity index (χ3v) is 4.65. The van der Waals surface area contributed by atoms with E-state index in [0.29, 0.717) is 23.2 Å². The highest BCUT2D eigenvalue weighted by molar-refractivity contribution is 5.80. The Hall–Kier alpha value is -3.35. The molecule has 0 aliphatic carbocycles. The van der Waals surface area contributed by atoms with Gasteiger partial charge < -0.3 is 19.3 Å². The lowest BCUT2D eigenvalue weighted by Gasteiger charge is -2.17. The second kappa shape index (κ2) is 8.77. The number of benzene rings is 2. The molecule has 0 saturated heterocycles. The maximum absolute atomic E-state index is 12.4. The monoisotopic (exact) mass is 395 g/mol. The fourth-order valence-electron chi connectivity index (χ4n) is 2.88. The standard InChI is InChI=1S/C22H25N3O4/c1-13-9-14(2)15(3)19(10-13)28-16(4)22(26)23-12-20-24-21(25-29-20)17-7-6-8-18(11-17)27-5/h6-11,16H,12H2,1-5H3,(H,23,26). The molecule has 1 N–H and O–H groups in total. The largest absolute Gasteiger partial charge is 0.497 e. The van der Waals surface area contributed by atoms with Gasteiger partial charge in [0.2, 0.25) is 11.7 Å². The van der Waals surface area contributed by atoms with Gasteiger partial charge in [-0.3, -0.25) is 4.79 Å². The van der Waals surface area contributed by atoms with Crippen LogP contribution in [0.4, 0.5) is 0 Å². The zero-order valence-electron chi connectivity index (χ0n) is 17.3. The van der Waals surface area contributed by atoms with E-state index >= 15 is 0 Å². The first-order valence-electron chi connectivity index (χ1n) is 9.36. The van der Waals surface area contributed by atoms with Gasteiger partial charge in [0.1, 0.15) is 11.5 Å². The molecular formula is C22H25N3O4. The molecule has 1 aromatic heterocycles. The molecule has 0 radical (unpaired) electrons. The van der Waals surface area contributed by atoms with Crippen LogP contribution < -0.4 is 14.8 Å². The first-order chi connectivity index (χ1) is 13.9. The number of carbonyl (C=O) groups is 1. The Balaban J connectivity index is 1.60. The lowest BCUT2D eigenvalue weighted by Crippen LogP contribution is -2.36. The summed E-state index contributed by atoms with van der Waals surface area (Å²) in [6, 6.07) is 11.4. The van der Waals surface area contributed by atoms with Gasteiger partial charge in [-0.15, -0.1) is 0 Å². The summed E-state index contributed by atoms with van der Waals surface area (Å²) in [5, 5.41) is 6.73. The molecule has 1 amide bonds. The number of methoxy groups -OCH3 is 1. The summed E-state index contributed by atoms with van der Waals surface area (Å²) in [6.07, 6.45) is -0.657. The van der Waals surface area contributed by atoms with E-state index in [1.165, 1.54) is 0 Å². The van der Waals surface area contributed by atoms with Gasteiger partial charge >= 0.3 is 0 Å². The minimum absolute atomic E-state index is 0.120. The molecule has 0 saturated carbocycles. The van der Waals surface area contributed by atoms with Gasteiger partial charge in [-0.2, -0.15) is 4.98 Å². The number of nitrogens with one attached hydrogen (secondary N) is 1. The minimum Gasteiger partial charge on any atom is -0.497 e. The summed E-state index contributed by atoms with van der Waals surface area (Å²) in [5.41, 5.74) is 4.01. The van der Waals surface area contributed by atoms with Crippen LogP contribution in [0.15, 0.2) is 40.9 Å². The Morgan fingerprint density at radius 1 is 1.21 bits per heavy atom. The summed E-state index contributed by atoms with van der Waals surface area (Å²) < 4.78 is 16.3. The zero-order chi connectivity index (χ0) is 21.0. The summed E-state index contributed by atoms with van der Waals surface area (Å²) in [5.74, 6) is 1.90. The van der Waals surface area contributed by atoms with Gasteiger partial charge in [0.25, 0.3) is 5.91 Å². The molecule has 152 valence electrons. The van der Waals surface area contributed by atoms with Crippen molar-refractivity contribution in [1.82, 2.24) is 15.5 Å². The number of hydrogen-bond acceptors (Lipinski definition) is 6. The van der Waals surface area contributed by atoms with E-state index in [2.05, 4.69) is 21.5 Å². The van der Waals surface area contributed by atoms with Gasteiger partial charge in [0.05, 0.1) is 13.7 Å². The van der Waals surface area contributed by atoms with Crippen molar-refractivity contribution >= 4 is 5.91 Å². The summed E-state index contributed by atoms with van der Waals surface area (Å²) in [4.78, 5) is 16.7. The molecule has 0 spiro atoms. The second-order valence-corrected chi connectivity index (χ2v) is 6.93. The number of aryl methyl sites for hydroxylation is 2. The third-order valence-electron chi connectivity index (χ3n) is 4.65. The van der Waals surface area contributed by atoms with E-state index in [1.54, 1.807) is 14.0 Å². The maximum atomic E-state index is 12.4. The van der Waals surface area contributed by atoms with Crippen LogP contribution >= 0.6 is 0 Å². The molecule has 2 aromatic carbocycles. The molecule has 0 bridgehead atoms. The van der Waals surface area contributed by atoms with Crippen LogP contribution in [0.5, 0.6) is 11.5 Å². The molecule has 1 unspecified atom stereocenters. The van der Waals surface area contributed by atoms with Crippen molar-refractivity contribution < 1.29 is 18.8 Å². The van der Waals surface area contributed by atoms with E-state index < -0.39 is 6.10 Å². The van der Waals surface area contributed by atoms with E-state index in [4.69, 9.17) is 14.0 Å². The van der Waals surface area contributed by atoms with Crippen molar-refractivity contribution in [2.24, 2.45) is 0 Å². The Morgan fingerprint density at radius 3 is 2.76 bits per heavy atom. The van der Waals surface area contributed by atoms with Crippen molar-refractivity contribution in [3.8, 4) is 22.9 Å². The molecule has 7 nitrogen and oxygen atoms in total.